The number of para-hydroxylation sites is 1. The lowest BCUT2D eigenvalue weighted by molar-refractivity contribution is -0.275. The molecule has 0 saturated carbocycles. The molecule has 2 aromatic carbocycles. The molecule has 1 aliphatic rings. The number of primary amides is 1. The third-order valence-corrected chi connectivity index (χ3v) is 4.38. The fourth-order valence-corrected chi connectivity index (χ4v) is 3.43. The van der Waals surface area contributed by atoms with Crippen LogP contribution in [0.1, 0.15) is 39.4 Å². The predicted octanol–water partition coefficient (Wildman–Crippen LogP) is 4.55. The molecule has 0 saturated heterocycles. The van der Waals surface area contributed by atoms with Gasteiger partial charge in [0.05, 0.1) is 5.56 Å². The van der Waals surface area contributed by atoms with Crippen LogP contribution in [0.15, 0.2) is 30.3 Å². The first-order chi connectivity index (χ1) is 11.7. The highest BCUT2D eigenvalue weighted by Gasteiger charge is 2.37. The number of benzene rings is 2. The molecule has 0 aromatic heterocycles. The van der Waals surface area contributed by atoms with E-state index in [0.717, 1.165) is 12.1 Å². The minimum atomic E-state index is -5.00. The smallest absolute Gasteiger partial charge is 0.405 e. The summed E-state index contributed by atoms with van der Waals surface area (Å²) in [5.41, 5.74) is 5.80. The van der Waals surface area contributed by atoms with E-state index in [4.69, 9.17) is 17.3 Å². The first kappa shape index (κ1) is 17.5. The molecule has 8 heteroatoms. The molecule has 0 heterocycles. The molecular weight excluding hydrogens is 362 g/mol. The van der Waals surface area contributed by atoms with Crippen LogP contribution in [0, 0.1) is 5.82 Å². The zero-order chi connectivity index (χ0) is 18.4. The molecular formula is C17H12ClF4NO2. The molecule has 0 aliphatic heterocycles. The fourth-order valence-electron chi connectivity index (χ4n) is 3.22. The van der Waals surface area contributed by atoms with Gasteiger partial charge >= 0.3 is 6.36 Å². The van der Waals surface area contributed by atoms with Crippen LogP contribution < -0.4 is 10.5 Å². The monoisotopic (exact) mass is 373 g/mol. The van der Waals surface area contributed by atoms with E-state index in [9.17, 15) is 22.4 Å². The SMILES string of the molecule is NC(=O)c1cccc([C@@H]2CCc3c(F)cc(Cl)cc32)c1OC(F)(F)F. The minimum Gasteiger partial charge on any atom is -0.405 e. The number of carbonyl (C=O) groups is 1. The van der Waals surface area contributed by atoms with Gasteiger partial charge in [0, 0.05) is 16.5 Å². The average molecular weight is 374 g/mol. The molecule has 0 radical (unpaired) electrons. The van der Waals surface area contributed by atoms with E-state index in [1.165, 1.54) is 18.2 Å². The van der Waals surface area contributed by atoms with E-state index in [1.54, 1.807) is 0 Å². The standard InChI is InChI=1S/C17H12ClF4NO2/c18-8-6-13-9(4-5-10(13)14(19)7-8)11-2-1-3-12(16(23)24)15(11)25-17(20,21)22/h1-3,6-7,9H,4-5H2,(H2,23,24)/t9-/m0/s1. The van der Waals surface area contributed by atoms with Gasteiger partial charge in [-0.05, 0) is 42.2 Å². The zero-order valence-corrected chi connectivity index (χ0v) is 13.4. The fraction of sp³-hybridized carbons (Fsp3) is 0.235. The van der Waals surface area contributed by atoms with Crippen molar-refractivity contribution in [2.75, 3.05) is 0 Å². The Morgan fingerprint density at radius 1 is 1.24 bits per heavy atom. The van der Waals surface area contributed by atoms with Gasteiger partial charge in [0.15, 0.2) is 0 Å². The summed E-state index contributed by atoms with van der Waals surface area (Å²) in [6.45, 7) is 0. The Labute approximate surface area is 145 Å². The Morgan fingerprint density at radius 3 is 2.60 bits per heavy atom. The van der Waals surface area contributed by atoms with Crippen molar-refractivity contribution >= 4 is 17.5 Å². The van der Waals surface area contributed by atoms with Gasteiger partial charge in [0.2, 0.25) is 0 Å². The van der Waals surface area contributed by atoms with Crippen LogP contribution in [-0.4, -0.2) is 12.3 Å². The minimum absolute atomic E-state index is 0.119. The van der Waals surface area contributed by atoms with Crippen LogP contribution in [0.2, 0.25) is 5.02 Å². The van der Waals surface area contributed by atoms with Crippen molar-refractivity contribution in [3.63, 3.8) is 0 Å². The van der Waals surface area contributed by atoms with E-state index in [1.807, 2.05) is 0 Å². The number of carbonyl (C=O) groups excluding carboxylic acids is 1. The summed E-state index contributed by atoms with van der Waals surface area (Å²) in [5.74, 6) is -2.79. The molecule has 2 aromatic rings. The first-order valence-corrected chi connectivity index (χ1v) is 7.71. The molecule has 1 amide bonds. The van der Waals surface area contributed by atoms with Gasteiger partial charge in [-0.25, -0.2) is 4.39 Å². The van der Waals surface area contributed by atoms with Crippen molar-refractivity contribution in [2.45, 2.75) is 25.1 Å². The lowest BCUT2D eigenvalue weighted by atomic mass is 9.90. The van der Waals surface area contributed by atoms with Crippen molar-refractivity contribution in [2.24, 2.45) is 5.73 Å². The lowest BCUT2D eigenvalue weighted by Gasteiger charge is -2.20. The molecule has 1 atom stereocenters. The summed E-state index contributed by atoms with van der Waals surface area (Å²) >= 11 is 5.88. The van der Waals surface area contributed by atoms with Crippen molar-refractivity contribution in [3.05, 3.63) is 63.4 Å². The summed E-state index contributed by atoms with van der Waals surface area (Å²) < 4.78 is 56.6. The van der Waals surface area contributed by atoms with E-state index >= 15 is 0 Å². The second-order valence-corrected chi connectivity index (χ2v) is 6.12. The summed E-state index contributed by atoms with van der Waals surface area (Å²) in [6.07, 6.45) is -4.29. The molecule has 0 unspecified atom stereocenters. The second-order valence-electron chi connectivity index (χ2n) is 5.68. The maximum atomic E-state index is 14.1. The van der Waals surface area contributed by atoms with Gasteiger partial charge in [0.25, 0.3) is 5.91 Å². The third kappa shape index (κ3) is 3.42. The molecule has 1 aliphatic carbocycles. The normalized spacial score (nSPS) is 16.6. The van der Waals surface area contributed by atoms with Crippen molar-refractivity contribution in [1.29, 1.82) is 0 Å². The topological polar surface area (TPSA) is 52.3 Å². The van der Waals surface area contributed by atoms with E-state index in [0.29, 0.717) is 24.0 Å². The van der Waals surface area contributed by atoms with Gasteiger partial charge < -0.3 is 10.5 Å². The number of ether oxygens (including phenoxy) is 1. The highest BCUT2D eigenvalue weighted by molar-refractivity contribution is 6.30. The zero-order valence-electron chi connectivity index (χ0n) is 12.7. The summed E-state index contributed by atoms with van der Waals surface area (Å²) in [5, 5.41) is 0.146. The summed E-state index contributed by atoms with van der Waals surface area (Å²) in [6, 6.07) is 6.66. The first-order valence-electron chi connectivity index (χ1n) is 7.33. The number of amides is 1. The van der Waals surface area contributed by atoms with Crippen molar-refractivity contribution in [3.8, 4) is 5.75 Å². The number of nitrogens with two attached hydrogens (primary N) is 1. The molecule has 2 N–H and O–H groups in total. The van der Waals surface area contributed by atoms with Crippen LogP contribution in [0.5, 0.6) is 5.75 Å². The molecule has 132 valence electrons. The summed E-state index contributed by atoms with van der Waals surface area (Å²) in [7, 11) is 0. The van der Waals surface area contributed by atoms with Crippen molar-refractivity contribution < 1.29 is 27.1 Å². The molecule has 25 heavy (non-hydrogen) atoms. The maximum absolute atomic E-state index is 14.1. The number of hydrogen-bond donors (Lipinski definition) is 1. The van der Waals surface area contributed by atoms with E-state index in [2.05, 4.69) is 4.74 Å². The van der Waals surface area contributed by atoms with Crippen LogP contribution in [0.3, 0.4) is 0 Å². The molecule has 0 bridgehead atoms. The van der Waals surface area contributed by atoms with Gasteiger partial charge in [-0.1, -0.05) is 23.7 Å². The highest BCUT2D eigenvalue weighted by Crippen LogP contribution is 2.45. The second kappa shape index (κ2) is 6.22. The Hall–Kier alpha value is -2.28. The number of alkyl halides is 3. The molecule has 0 fully saturated rings. The summed E-state index contributed by atoms with van der Waals surface area (Å²) in [4.78, 5) is 11.5. The van der Waals surface area contributed by atoms with Gasteiger partial charge in [-0.2, -0.15) is 0 Å². The average Bonchev–Trinajstić information content (AvgIpc) is 2.89. The predicted molar refractivity (Wildman–Crippen MR) is 83.2 cm³/mol. The third-order valence-electron chi connectivity index (χ3n) is 4.16. The number of halogens is 5. The Morgan fingerprint density at radius 2 is 1.96 bits per heavy atom. The van der Waals surface area contributed by atoms with Crippen LogP contribution >= 0.6 is 11.6 Å². The quantitative estimate of drug-likeness (QED) is 0.802. The molecule has 0 spiro atoms. The molecule has 3 rings (SSSR count). The number of fused-ring (bicyclic) bond motifs is 1. The Balaban J connectivity index is 2.17. The largest absolute Gasteiger partial charge is 0.573 e. The number of hydrogen-bond acceptors (Lipinski definition) is 2. The molecule has 3 nitrogen and oxygen atoms in total. The van der Waals surface area contributed by atoms with Crippen LogP contribution in [0.25, 0.3) is 0 Å². The van der Waals surface area contributed by atoms with E-state index < -0.39 is 29.8 Å². The van der Waals surface area contributed by atoms with Gasteiger partial charge in [-0.3, -0.25) is 4.79 Å². The maximum Gasteiger partial charge on any atom is 0.573 e. The van der Waals surface area contributed by atoms with Gasteiger partial charge in [0.1, 0.15) is 11.6 Å². The Kier molecular flexibility index (Phi) is 4.36. The lowest BCUT2D eigenvalue weighted by Crippen LogP contribution is -2.22. The van der Waals surface area contributed by atoms with Crippen molar-refractivity contribution in [1.82, 2.24) is 0 Å². The number of rotatable bonds is 3. The Bertz CT molecular complexity index is 851. The highest BCUT2D eigenvalue weighted by atomic mass is 35.5. The van der Waals surface area contributed by atoms with Crippen LogP contribution in [0.4, 0.5) is 17.6 Å². The van der Waals surface area contributed by atoms with Gasteiger partial charge in [-0.15, -0.1) is 13.2 Å². The van der Waals surface area contributed by atoms with Crippen LogP contribution in [-0.2, 0) is 6.42 Å². The van der Waals surface area contributed by atoms with E-state index in [-0.39, 0.29) is 16.1 Å².